The third-order valence-electron chi connectivity index (χ3n) is 10.1. The fraction of sp³-hybridized carbons (Fsp3) is 0.333. The van der Waals surface area contributed by atoms with Gasteiger partial charge in [-0.1, -0.05) is 63.7 Å². The number of methoxy groups -OCH3 is 1. The minimum atomic E-state index is -0.895. The maximum Gasteiger partial charge on any atom is 0.251 e. The lowest BCUT2D eigenvalue weighted by atomic mass is 9.85. The van der Waals surface area contributed by atoms with Crippen molar-refractivity contribution in [1.29, 1.82) is 0 Å². The maximum absolute atomic E-state index is 14.1. The first-order valence-electron chi connectivity index (χ1n) is 19.7. The number of nitrogens with zero attached hydrogens (tertiary/aromatic N) is 4. The van der Waals surface area contributed by atoms with E-state index in [1.165, 1.54) is 6.33 Å². The van der Waals surface area contributed by atoms with Gasteiger partial charge in [0.1, 0.15) is 30.5 Å². The molecule has 0 spiro atoms. The smallest absolute Gasteiger partial charge is 0.251 e. The van der Waals surface area contributed by atoms with Crippen molar-refractivity contribution >= 4 is 40.6 Å². The number of carbonyl (C=O) groups excluding carboxylic acids is 3. The largest absolute Gasteiger partial charge is 0.497 e. The molecule has 6 rings (SSSR count). The number of aliphatic hydroxyl groups excluding tert-OH is 1. The lowest BCUT2D eigenvalue weighted by Crippen LogP contribution is -2.57. The molecule has 3 amide bonds. The summed E-state index contributed by atoms with van der Waals surface area (Å²) in [5.74, 6) is 0.238. The minimum absolute atomic E-state index is 0.0682. The number of benzene rings is 3. The summed E-state index contributed by atoms with van der Waals surface area (Å²) in [6.45, 7) is 12.4. The molecule has 3 atom stereocenters. The van der Waals surface area contributed by atoms with Crippen LogP contribution in [0.3, 0.4) is 0 Å². The van der Waals surface area contributed by atoms with Gasteiger partial charge in [0.2, 0.25) is 11.8 Å². The first-order chi connectivity index (χ1) is 28.8. The quantitative estimate of drug-likeness (QED) is 0.0708. The fourth-order valence-corrected chi connectivity index (χ4v) is 7.63. The van der Waals surface area contributed by atoms with Crippen LogP contribution in [0, 0.1) is 12.3 Å². The van der Waals surface area contributed by atoms with Gasteiger partial charge in [0.15, 0.2) is 0 Å². The van der Waals surface area contributed by atoms with E-state index in [4.69, 9.17) is 9.47 Å². The molecule has 0 aliphatic carbocycles. The summed E-state index contributed by atoms with van der Waals surface area (Å²) < 4.78 is 10.8. The molecule has 0 radical (unpaired) electrons. The first-order valence-corrected chi connectivity index (χ1v) is 20.6. The van der Waals surface area contributed by atoms with Crippen LogP contribution in [0.2, 0.25) is 0 Å². The molecule has 5 N–H and O–H groups in total. The number of β-amino-alcohol motifs (C(OH)–C–C–N with tert-alkyl or cyclic N) is 1. The van der Waals surface area contributed by atoms with Crippen molar-refractivity contribution in [2.75, 3.05) is 38.7 Å². The second kappa shape index (κ2) is 19.7. The third-order valence-corrected chi connectivity index (χ3v) is 11.1. The van der Waals surface area contributed by atoms with Crippen LogP contribution in [0.5, 0.6) is 5.75 Å². The first kappa shape index (κ1) is 43.4. The SMILES string of the molecule is C=C(NCc1ccc(-c2scnc2C)cc1)[C@@H]1C[C@@H](O)CN1C(=O)[C@@H](NC(=O)COCCNC(=O)c1cccc(-c2cc(Nc3ccc(OC)cc3)ncn2)c1)C(C)(C)C. The molecule has 0 bridgehead atoms. The number of ether oxygens (including phenoxy) is 2. The molecule has 0 saturated carbocycles. The fourth-order valence-electron chi connectivity index (χ4n) is 6.82. The predicted octanol–water partition coefficient (Wildman–Crippen LogP) is 5.87. The van der Waals surface area contributed by atoms with Crippen molar-refractivity contribution in [2.45, 2.75) is 58.8 Å². The second-order valence-corrected chi connectivity index (χ2v) is 16.5. The van der Waals surface area contributed by atoms with Crippen LogP contribution in [0.15, 0.2) is 103 Å². The minimum Gasteiger partial charge on any atom is -0.497 e. The zero-order valence-electron chi connectivity index (χ0n) is 34.5. The Morgan fingerprint density at radius 1 is 0.983 bits per heavy atom. The molecule has 14 nitrogen and oxygen atoms in total. The van der Waals surface area contributed by atoms with Crippen LogP contribution in [0.1, 0.15) is 48.8 Å². The van der Waals surface area contributed by atoms with Gasteiger partial charge in [-0.3, -0.25) is 14.4 Å². The summed E-state index contributed by atoms with van der Waals surface area (Å²) in [7, 11) is 1.61. The van der Waals surface area contributed by atoms with Gasteiger partial charge in [0, 0.05) is 54.6 Å². The van der Waals surface area contributed by atoms with Crippen molar-refractivity contribution in [1.82, 2.24) is 35.8 Å². The third kappa shape index (κ3) is 11.3. The summed E-state index contributed by atoms with van der Waals surface area (Å²) in [5, 5.41) is 22.9. The average Bonchev–Trinajstić information content (AvgIpc) is 3.86. The number of aromatic nitrogens is 3. The van der Waals surface area contributed by atoms with Gasteiger partial charge in [0.05, 0.1) is 47.6 Å². The maximum atomic E-state index is 14.1. The summed E-state index contributed by atoms with van der Waals surface area (Å²) in [4.78, 5) is 56.0. The Labute approximate surface area is 354 Å². The zero-order valence-corrected chi connectivity index (χ0v) is 35.3. The summed E-state index contributed by atoms with van der Waals surface area (Å²) >= 11 is 1.61. The zero-order chi connectivity index (χ0) is 42.8. The standard InChI is InChI=1S/C45H52N8O6S/c1-28(47-23-30-10-12-31(13-11-30)41-29(2)50-27-60-41)38-21-35(54)24-53(38)44(57)42(45(3,4)5)52-40(55)25-59-19-18-46-43(56)33-9-7-8-32(20-33)37-22-39(49-26-48-37)51-34-14-16-36(58-6)17-15-34/h7-17,20,22,26-27,35,38,42,47,54H,1,18-19,21,23-25H2,2-6H3,(H,46,56)(H,52,55)(H,48,49,51)/t35-,38+,42-/m1/s1. The molecule has 5 aromatic rings. The van der Waals surface area contributed by atoms with Gasteiger partial charge < -0.3 is 40.7 Å². The van der Waals surface area contributed by atoms with Gasteiger partial charge in [-0.15, -0.1) is 11.3 Å². The van der Waals surface area contributed by atoms with E-state index in [2.05, 4.69) is 54.9 Å². The number of rotatable bonds is 17. The van der Waals surface area contributed by atoms with Crippen molar-refractivity contribution < 1.29 is 29.0 Å². The van der Waals surface area contributed by atoms with Gasteiger partial charge in [0.25, 0.3) is 5.91 Å². The van der Waals surface area contributed by atoms with E-state index >= 15 is 0 Å². The number of aryl methyl sites for hydroxylation is 1. The molecule has 1 fully saturated rings. The molecule has 314 valence electrons. The van der Waals surface area contributed by atoms with Crippen molar-refractivity contribution in [3.63, 3.8) is 0 Å². The predicted molar refractivity (Wildman–Crippen MR) is 233 cm³/mol. The number of thiazole rings is 1. The number of likely N-dealkylation sites (tertiary alicyclic amines) is 1. The molecule has 3 heterocycles. The van der Waals surface area contributed by atoms with E-state index in [0.29, 0.717) is 35.7 Å². The van der Waals surface area contributed by atoms with Crippen molar-refractivity contribution in [2.24, 2.45) is 5.41 Å². The van der Waals surface area contributed by atoms with Crippen LogP contribution in [0.25, 0.3) is 21.7 Å². The van der Waals surface area contributed by atoms with Crippen molar-refractivity contribution in [3.8, 4) is 27.4 Å². The van der Waals surface area contributed by atoms with E-state index in [9.17, 15) is 19.5 Å². The average molecular weight is 833 g/mol. The van der Waals surface area contributed by atoms with E-state index in [1.54, 1.807) is 47.6 Å². The normalized spacial score (nSPS) is 15.5. The summed E-state index contributed by atoms with van der Waals surface area (Å²) in [6.07, 6.45) is 1.05. The van der Waals surface area contributed by atoms with Gasteiger partial charge in [-0.05, 0) is 59.9 Å². The van der Waals surface area contributed by atoms with E-state index in [-0.39, 0.29) is 38.1 Å². The molecule has 3 aromatic carbocycles. The Balaban J connectivity index is 0.963. The van der Waals surface area contributed by atoms with Crippen LogP contribution >= 0.6 is 11.3 Å². The number of hydrogen-bond donors (Lipinski definition) is 5. The van der Waals surface area contributed by atoms with Gasteiger partial charge in [-0.25, -0.2) is 15.0 Å². The Hall–Kier alpha value is -6.16. The molecule has 60 heavy (non-hydrogen) atoms. The van der Waals surface area contributed by atoms with E-state index in [0.717, 1.165) is 38.7 Å². The number of aliphatic hydroxyl groups is 1. The Bertz CT molecular complexity index is 2270. The lowest BCUT2D eigenvalue weighted by Gasteiger charge is -2.36. The molecule has 2 aromatic heterocycles. The summed E-state index contributed by atoms with van der Waals surface area (Å²) in [5.41, 5.74) is 7.57. The monoisotopic (exact) mass is 832 g/mol. The Morgan fingerprint density at radius 2 is 1.75 bits per heavy atom. The van der Waals surface area contributed by atoms with Crippen LogP contribution in [0.4, 0.5) is 11.5 Å². The Kier molecular flexibility index (Phi) is 14.3. The highest BCUT2D eigenvalue weighted by Gasteiger charge is 2.42. The van der Waals surface area contributed by atoms with Gasteiger partial charge in [-0.2, -0.15) is 0 Å². The van der Waals surface area contributed by atoms with Gasteiger partial charge >= 0.3 is 0 Å². The lowest BCUT2D eigenvalue weighted by molar-refractivity contribution is -0.141. The topological polar surface area (TPSA) is 180 Å². The van der Waals surface area contributed by atoms with E-state index in [1.807, 2.05) is 75.7 Å². The molecular weight excluding hydrogens is 781 g/mol. The molecule has 0 unspecified atom stereocenters. The highest BCUT2D eigenvalue weighted by atomic mass is 32.1. The van der Waals surface area contributed by atoms with Crippen LogP contribution < -0.4 is 26.0 Å². The second-order valence-electron chi connectivity index (χ2n) is 15.6. The number of anilines is 2. The Morgan fingerprint density at radius 3 is 2.45 bits per heavy atom. The molecular formula is C45H52N8O6S. The molecule has 1 aliphatic rings. The van der Waals surface area contributed by atoms with Crippen LogP contribution in [-0.4, -0.2) is 94.3 Å². The molecule has 1 aliphatic heterocycles. The number of hydrogen-bond acceptors (Lipinski definition) is 12. The van der Waals surface area contributed by atoms with Crippen LogP contribution in [-0.2, 0) is 20.9 Å². The number of amides is 3. The van der Waals surface area contributed by atoms with Crippen molar-refractivity contribution in [3.05, 3.63) is 120 Å². The molecule has 15 heteroatoms. The highest BCUT2D eigenvalue weighted by molar-refractivity contribution is 7.13. The number of carbonyl (C=O) groups is 3. The highest BCUT2D eigenvalue weighted by Crippen LogP contribution is 2.30. The number of nitrogens with one attached hydrogen (secondary N) is 4. The summed E-state index contributed by atoms with van der Waals surface area (Å²) in [6, 6.07) is 23.2. The molecule has 1 saturated heterocycles. The van der Waals surface area contributed by atoms with E-state index < -0.39 is 29.5 Å².